The molecule has 1 aliphatic carbocycles. The number of carbonyl (C=O) groups excluding carboxylic acids is 1. The zero-order valence-corrected chi connectivity index (χ0v) is 10.6. The average Bonchev–Trinajstić information content (AvgIpc) is 2.37. The molecule has 1 spiro atoms. The topological polar surface area (TPSA) is 35.5 Å². The Kier molecular flexibility index (Phi) is 2.44. The van der Waals surface area contributed by atoms with Crippen LogP contribution in [0, 0.1) is 5.41 Å². The van der Waals surface area contributed by atoms with Gasteiger partial charge in [-0.15, -0.1) is 0 Å². The second-order valence-electron chi connectivity index (χ2n) is 5.65. The number of hydrogen-bond donors (Lipinski definition) is 0. The largest absolute Gasteiger partial charge is 0.342 e. The fourth-order valence-electron chi connectivity index (χ4n) is 2.31. The number of rotatable bonds is 0. The molecule has 0 bridgehead atoms. The van der Waals surface area contributed by atoms with Gasteiger partial charge in [0.2, 0.25) is 5.79 Å². The van der Waals surface area contributed by atoms with Gasteiger partial charge >= 0.3 is 0 Å². The number of fused-ring (bicyclic) bond motifs is 2. The van der Waals surface area contributed by atoms with E-state index >= 15 is 0 Å². The van der Waals surface area contributed by atoms with Crippen molar-refractivity contribution >= 4 is 5.78 Å². The van der Waals surface area contributed by atoms with E-state index in [9.17, 15) is 4.79 Å². The number of hydrogen-bond acceptors (Lipinski definition) is 3. The molecular formula is C15H16O3. The van der Waals surface area contributed by atoms with E-state index < -0.39 is 5.79 Å². The van der Waals surface area contributed by atoms with E-state index in [1.54, 1.807) is 12.2 Å². The second kappa shape index (κ2) is 3.77. The normalized spacial score (nSPS) is 24.0. The predicted octanol–water partition coefficient (Wildman–Crippen LogP) is 2.66. The zero-order valence-electron chi connectivity index (χ0n) is 10.6. The average molecular weight is 244 g/mol. The maximum Gasteiger partial charge on any atom is 0.216 e. The molecule has 3 nitrogen and oxygen atoms in total. The van der Waals surface area contributed by atoms with Gasteiger partial charge in [0.15, 0.2) is 5.78 Å². The Morgan fingerprint density at radius 3 is 2.50 bits per heavy atom. The van der Waals surface area contributed by atoms with Crippen LogP contribution < -0.4 is 0 Å². The maximum absolute atomic E-state index is 11.8. The number of allylic oxidation sites excluding steroid dienone is 1. The number of benzene rings is 1. The van der Waals surface area contributed by atoms with Crippen molar-refractivity contribution in [3.05, 3.63) is 47.5 Å². The molecule has 1 aromatic rings. The van der Waals surface area contributed by atoms with Gasteiger partial charge in [0.25, 0.3) is 0 Å². The van der Waals surface area contributed by atoms with Crippen molar-refractivity contribution in [2.45, 2.75) is 19.6 Å². The molecule has 1 fully saturated rings. The van der Waals surface area contributed by atoms with E-state index in [0.717, 1.165) is 5.56 Å². The monoisotopic (exact) mass is 244 g/mol. The van der Waals surface area contributed by atoms with Crippen molar-refractivity contribution in [2.75, 3.05) is 13.2 Å². The first kappa shape index (κ1) is 11.6. The van der Waals surface area contributed by atoms with Crippen LogP contribution in [-0.4, -0.2) is 19.0 Å². The fourth-order valence-corrected chi connectivity index (χ4v) is 2.31. The molecular weight excluding hydrogens is 228 g/mol. The molecule has 1 heterocycles. The summed E-state index contributed by atoms with van der Waals surface area (Å²) < 4.78 is 11.9. The molecule has 0 amide bonds. The van der Waals surface area contributed by atoms with Crippen LogP contribution in [0.4, 0.5) is 0 Å². The smallest absolute Gasteiger partial charge is 0.216 e. The van der Waals surface area contributed by atoms with Gasteiger partial charge in [-0.2, -0.15) is 0 Å². The summed E-state index contributed by atoms with van der Waals surface area (Å²) in [4.78, 5) is 11.8. The summed E-state index contributed by atoms with van der Waals surface area (Å²) in [5.41, 5.74) is 1.49. The molecule has 2 aliphatic rings. The lowest BCUT2D eigenvalue weighted by molar-refractivity contribution is -0.280. The van der Waals surface area contributed by atoms with Gasteiger partial charge in [0.05, 0.1) is 13.2 Å². The summed E-state index contributed by atoms with van der Waals surface area (Å²) in [6, 6.07) is 7.47. The van der Waals surface area contributed by atoms with Crippen LogP contribution in [0.5, 0.6) is 0 Å². The second-order valence-corrected chi connectivity index (χ2v) is 5.65. The van der Waals surface area contributed by atoms with Crippen molar-refractivity contribution in [1.82, 2.24) is 0 Å². The third kappa shape index (κ3) is 1.71. The standard InChI is InChI=1S/C15H16O3/c1-14(2)9-17-15(18-10-14)8-7-13(16)11-5-3-4-6-12(11)15/h3-8H,9-10H2,1-2H3. The first-order valence-corrected chi connectivity index (χ1v) is 6.13. The Morgan fingerprint density at radius 1 is 1.11 bits per heavy atom. The third-order valence-corrected chi connectivity index (χ3v) is 3.38. The van der Waals surface area contributed by atoms with Crippen LogP contribution >= 0.6 is 0 Å². The lowest BCUT2D eigenvalue weighted by Gasteiger charge is -2.43. The Hall–Kier alpha value is -1.45. The SMILES string of the molecule is CC1(C)COC2(C=CC(=O)c3ccccc32)OC1. The molecule has 1 saturated heterocycles. The van der Waals surface area contributed by atoms with E-state index in [-0.39, 0.29) is 11.2 Å². The van der Waals surface area contributed by atoms with Crippen molar-refractivity contribution in [1.29, 1.82) is 0 Å². The van der Waals surface area contributed by atoms with Gasteiger partial charge in [-0.25, -0.2) is 0 Å². The predicted molar refractivity (Wildman–Crippen MR) is 67.3 cm³/mol. The number of carbonyl (C=O) groups is 1. The van der Waals surface area contributed by atoms with Gasteiger partial charge in [0, 0.05) is 16.5 Å². The molecule has 0 unspecified atom stereocenters. The van der Waals surface area contributed by atoms with Crippen molar-refractivity contribution < 1.29 is 14.3 Å². The summed E-state index contributed by atoms with van der Waals surface area (Å²) in [6.45, 7) is 5.42. The van der Waals surface area contributed by atoms with Crippen molar-refractivity contribution in [3.63, 3.8) is 0 Å². The summed E-state index contributed by atoms with van der Waals surface area (Å²) >= 11 is 0. The Labute approximate surface area is 106 Å². The molecule has 3 heteroatoms. The van der Waals surface area contributed by atoms with Gasteiger partial charge in [-0.3, -0.25) is 4.79 Å². The van der Waals surface area contributed by atoms with Crippen LogP contribution in [0.25, 0.3) is 0 Å². The highest BCUT2D eigenvalue weighted by Crippen LogP contribution is 2.41. The fraction of sp³-hybridized carbons (Fsp3) is 0.400. The molecule has 0 atom stereocenters. The molecule has 0 saturated carbocycles. The minimum Gasteiger partial charge on any atom is -0.342 e. The summed E-state index contributed by atoms with van der Waals surface area (Å²) in [7, 11) is 0. The molecule has 1 aliphatic heterocycles. The molecule has 18 heavy (non-hydrogen) atoms. The zero-order chi connectivity index (χ0) is 12.8. The summed E-state index contributed by atoms with van der Waals surface area (Å²) in [6.07, 6.45) is 3.27. The van der Waals surface area contributed by atoms with E-state index in [0.29, 0.717) is 18.8 Å². The van der Waals surface area contributed by atoms with E-state index in [4.69, 9.17) is 9.47 Å². The van der Waals surface area contributed by atoms with Crippen molar-refractivity contribution in [2.24, 2.45) is 5.41 Å². The number of ether oxygens (including phenoxy) is 2. The van der Waals surface area contributed by atoms with Crippen LogP contribution in [0.2, 0.25) is 0 Å². The van der Waals surface area contributed by atoms with Crippen LogP contribution in [0.15, 0.2) is 36.4 Å². The van der Waals surface area contributed by atoms with E-state index in [2.05, 4.69) is 13.8 Å². The molecule has 94 valence electrons. The van der Waals surface area contributed by atoms with E-state index in [1.165, 1.54) is 0 Å². The Bertz CT molecular complexity index is 518. The summed E-state index contributed by atoms with van der Waals surface area (Å²) in [5.74, 6) is -0.867. The summed E-state index contributed by atoms with van der Waals surface area (Å²) in [5, 5.41) is 0. The van der Waals surface area contributed by atoms with E-state index in [1.807, 2.05) is 24.3 Å². The highest BCUT2D eigenvalue weighted by Gasteiger charge is 2.43. The molecule has 1 aromatic carbocycles. The quantitative estimate of drug-likeness (QED) is 0.704. The maximum atomic E-state index is 11.8. The van der Waals surface area contributed by atoms with Gasteiger partial charge in [-0.1, -0.05) is 38.1 Å². The van der Waals surface area contributed by atoms with Gasteiger partial charge in [-0.05, 0) is 12.2 Å². The van der Waals surface area contributed by atoms with Gasteiger partial charge in [0.1, 0.15) is 0 Å². The molecule has 0 radical (unpaired) electrons. The third-order valence-electron chi connectivity index (χ3n) is 3.38. The highest BCUT2D eigenvalue weighted by molar-refractivity contribution is 6.07. The van der Waals surface area contributed by atoms with Crippen LogP contribution in [0.3, 0.4) is 0 Å². The lowest BCUT2D eigenvalue weighted by atomic mass is 9.88. The minimum atomic E-state index is -0.875. The Morgan fingerprint density at radius 2 is 1.78 bits per heavy atom. The van der Waals surface area contributed by atoms with Gasteiger partial charge < -0.3 is 9.47 Å². The first-order chi connectivity index (χ1) is 8.53. The first-order valence-electron chi connectivity index (χ1n) is 6.13. The Balaban J connectivity index is 2.04. The molecule has 0 aromatic heterocycles. The lowest BCUT2D eigenvalue weighted by Crippen LogP contribution is -2.46. The number of ketones is 1. The minimum absolute atomic E-state index is 0.00765. The van der Waals surface area contributed by atoms with Crippen LogP contribution in [0.1, 0.15) is 29.8 Å². The van der Waals surface area contributed by atoms with Crippen LogP contribution in [-0.2, 0) is 15.3 Å². The highest BCUT2D eigenvalue weighted by atomic mass is 16.7. The molecule has 0 N–H and O–H groups in total. The molecule has 3 rings (SSSR count). The van der Waals surface area contributed by atoms with Crippen molar-refractivity contribution in [3.8, 4) is 0 Å².